The Morgan fingerprint density at radius 2 is 1.47 bits per heavy atom. The highest BCUT2D eigenvalue weighted by molar-refractivity contribution is 5.69. The van der Waals surface area contributed by atoms with E-state index in [1.54, 1.807) is 0 Å². The maximum atomic E-state index is 12.5. The van der Waals surface area contributed by atoms with Crippen molar-refractivity contribution >= 4 is 23.6 Å². The maximum Gasteiger partial charge on any atom is 0.410 e. The van der Waals surface area contributed by atoms with E-state index >= 15 is 0 Å². The summed E-state index contributed by atoms with van der Waals surface area (Å²) in [6.07, 6.45) is -3.72. The van der Waals surface area contributed by atoms with Crippen molar-refractivity contribution in [3.8, 4) is 0 Å². The number of carbonyl (C=O) groups excluding carboxylic acids is 2. The molecule has 1 saturated heterocycles. The second kappa shape index (κ2) is 11.9. The molecule has 0 aromatic heterocycles. The molecule has 14 heteroatoms. The maximum absolute atomic E-state index is 12.5. The van der Waals surface area contributed by atoms with Gasteiger partial charge in [-0.1, -0.05) is 0 Å². The van der Waals surface area contributed by atoms with Gasteiger partial charge in [0.05, 0.1) is 34.6 Å². The lowest BCUT2D eigenvalue weighted by Crippen LogP contribution is -2.47. The third kappa shape index (κ3) is 7.10. The average molecular weight is 504 g/mol. The van der Waals surface area contributed by atoms with Gasteiger partial charge in [-0.05, 0) is 41.8 Å². The first-order chi connectivity index (χ1) is 17.1. The summed E-state index contributed by atoms with van der Waals surface area (Å²) in [4.78, 5) is 46.0. The highest BCUT2D eigenvalue weighted by Crippen LogP contribution is 2.22. The van der Waals surface area contributed by atoms with Crippen LogP contribution in [0.5, 0.6) is 0 Å². The number of likely N-dealkylation sites (tertiary alicyclic amines) is 1. The standard InChI is InChI=1S/C22H24N4O10/c27-18-9-19(24(11-18)22(30)36-13-15-3-7-17(8-4-15)26(33)34)20(28)10-23-21(29)35-12-14-1-5-16(6-2-14)25(31)32/h1-8,18-20,27-28H,9-13H2,(H,23,29)/t18-,19+,20+/m1/s1. The summed E-state index contributed by atoms with van der Waals surface area (Å²) in [6.45, 7) is -0.670. The Bertz CT molecular complexity index is 1090. The van der Waals surface area contributed by atoms with E-state index in [-0.39, 0.29) is 44.1 Å². The Hall–Kier alpha value is -4.30. The highest BCUT2D eigenvalue weighted by atomic mass is 16.6. The first-order valence-corrected chi connectivity index (χ1v) is 10.8. The van der Waals surface area contributed by atoms with Gasteiger partial charge in [-0.2, -0.15) is 0 Å². The second-order valence-corrected chi connectivity index (χ2v) is 8.04. The summed E-state index contributed by atoms with van der Waals surface area (Å²) in [5, 5.41) is 44.3. The number of rotatable bonds is 9. The fraction of sp³-hybridized carbons (Fsp3) is 0.364. The SMILES string of the molecule is O=C(NC[C@H](O)[C@@H]1C[C@@H](O)CN1C(=O)OCc1ccc([N+](=O)[O-])cc1)OCc1ccc([N+](=O)[O-])cc1. The number of ether oxygens (including phenoxy) is 2. The van der Waals surface area contributed by atoms with E-state index in [9.17, 15) is 40.0 Å². The van der Waals surface area contributed by atoms with Gasteiger partial charge in [-0.3, -0.25) is 25.1 Å². The van der Waals surface area contributed by atoms with Crippen LogP contribution in [0.4, 0.5) is 21.0 Å². The van der Waals surface area contributed by atoms with Crippen molar-refractivity contribution < 1.29 is 39.1 Å². The van der Waals surface area contributed by atoms with Crippen LogP contribution in [-0.2, 0) is 22.7 Å². The zero-order valence-electron chi connectivity index (χ0n) is 18.9. The number of alkyl carbamates (subject to hydrolysis) is 1. The van der Waals surface area contributed by atoms with Crippen LogP contribution in [0.3, 0.4) is 0 Å². The summed E-state index contributed by atoms with van der Waals surface area (Å²) < 4.78 is 10.2. The lowest BCUT2D eigenvalue weighted by molar-refractivity contribution is -0.385. The quantitative estimate of drug-likeness (QED) is 0.335. The molecule has 0 saturated carbocycles. The predicted octanol–water partition coefficient (Wildman–Crippen LogP) is 1.86. The third-order valence-corrected chi connectivity index (χ3v) is 5.48. The minimum atomic E-state index is -1.24. The molecule has 192 valence electrons. The number of aliphatic hydroxyl groups is 2. The van der Waals surface area contributed by atoms with Gasteiger partial charge in [-0.15, -0.1) is 0 Å². The van der Waals surface area contributed by atoms with Crippen molar-refractivity contribution in [1.82, 2.24) is 10.2 Å². The number of nitrogens with zero attached hydrogens (tertiary/aromatic N) is 3. The molecule has 1 heterocycles. The predicted molar refractivity (Wildman–Crippen MR) is 122 cm³/mol. The van der Waals surface area contributed by atoms with Crippen LogP contribution in [0.1, 0.15) is 17.5 Å². The minimum Gasteiger partial charge on any atom is -0.445 e. The lowest BCUT2D eigenvalue weighted by Gasteiger charge is -2.27. The molecular formula is C22H24N4O10. The fourth-order valence-corrected chi connectivity index (χ4v) is 3.60. The molecule has 2 amide bonds. The van der Waals surface area contributed by atoms with E-state index in [1.807, 2.05) is 0 Å². The second-order valence-electron chi connectivity index (χ2n) is 8.04. The van der Waals surface area contributed by atoms with Crippen LogP contribution in [-0.4, -0.2) is 68.5 Å². The van der Waals surface area contributed by atoms with Gasteiger partial charge >= 0.3 is 12.2 Å². The molecule has 2 aromatic carbocycles. The molecule has 0 radical (unpaired) electrons. The number of carbonyl (C=O) groups is 2. The normalized spacial score (nSPS) is 17.8. The molecule has 3 rings (SSSR count). The van der Waals surface area contributed by atoms with Gasteiger partial charge in [0.2, 0.25) is 0 Å². The van der Waals surface area contributed by atoms with Gasteiger partial charge < -0.3 is 25.0 Å². The molecule has 14 nitrogen and oxygen atoms in total. The molecule has 3 N–H and O–H groups in total. The van der Waals surface area contributed by atoms with E-state index in [1.165, 1.54) is 48.5 Å². The van der Waals surface area contributed by atoms with Gasteiger partial charge in [0.1, 0.15) is 13.2 Å². The smallest absolute Gasteiger partial charge is 0.410 e. The number of nitrogens with one attached hydrogen (secondary N) is 1. The molecule has 0 unspecified atom stereocenters. The number of benzene rings is 2. The summed E-state index contributed by atoms with van der Waals surface area (Å²) in [5.74, 6) is 0. The molecule has 3 atom stereocenters. The Kier molecular flexibility index (Phi) is 8.70. The van der Waals surface area contributed by atoms with E-state index in [0.29, 0.717) is 11.1 Å². The van der Waals surface area contributed by atoms with Crippen LogP contribution in [0.15, 0.2) is 48.5 Å². The molecule has 2 aromatic rings. The van der Waals surface area contributed by atoms with Gasteiger partial charge in [0.25, 0.3) is 11.4 Å². The van der Waals surface area contributed by atoms with Crippen LogP contribution < -0.4 is 5.32 Å². The summed E-state index contributed by atoms with van der Waals surface area (Å²) in [5.41, 5.74) is 0.843. The molecule has 0 spiro atoms. The number of β-amino-alcohol motifs (C(OH)–C–C–N with tert-alkyl or cyclic N) is 1. The number of amides is 2. The van der Waals surface area contributed by atoms with E-state index in [4.69, 9.17) is 9.47 Å². The Balaban J connectivity index is 1.46. The first kappa shape index (κ1) is 26.3. The molecule has 0 bridgehead atoms. The van der Waals surface area contributed by atoms with Crippen molar-refractivity contribution in [1.29, 1.82) is 0 Å². The topological polar surface area (TPSA) is 195 Å². The molecule has 36 heavy (non-hydrogen) atoms. The minimum absolute atomic E-state index is 0.0628. The third-order valence-electron chi connectivity index (χ3n) is 5.48. The summed E-state index contributed by atoms with van der Waals surface area (Å²) in [6, 6.07) is 10.1. The van der Waals surface area contributed by atoms with E-state index in [2.05, 4.69) is 5.32 Å². The molecule has 0 aliphatic carbocycles. The number of nitro benzene ring substituents is 2. The molecular weight excluding hydrogens is 480 g/mol. The fourth-order valence-electron chi connectivity index (χ4n) is 3.60. The monoisotopic (exact) mass is 504 g/mol. The number of aliphatic hydroxyl groups excluding tert-OH is 2. The van der Waals surface area contributed by atoms with Crippen LogP contribution in [0, 0.1) is 20.2 Å². The first-order valence-electron chi connectivity index (χ1n) is 10.8. The lowest BCUT2D eigenvalue weighted by atomic mass is 10.1. The zero-order valence-corrected chi connectivity index (χ0v) is 18.9. The number of hydrogen-bond donors (Lipinski definition) is 3. The van der Waals surface area contributed by atoms with Gasteiger partial charge in [0.15, 0.2) is 0 Å². The average Bonchev–Trinajstić information content (AvgIpc) is 3.26. The van der Waals surface area contributed by atoms with Crippen LogP contribution in [0.25, 0.3) is 0 Å². The number of nitro groups is 2. The molecule has 1 aliphatic heterocycles. The highest BCUT2D eigenvalue weighted by Gasteiger charge is 2.39. The number of non-ortho nitro benzene ring substituents is 2. The van der Waals surface area contributed by atoms with Crippen molar-refractivity contribution in [2.75, 3.05) is 13.1 Å². The Labute approximate surface area is 204 Å². The van der Waals surface area contributed by atoms with Crippen LogP contribution >= 0.6 is 0 Å². The van der Waals surface area contributed by atoms with E-state index in [0.717, 1.165) is 4.90 Å². The van der Waals surface area contributed by atoms with Crippen molar-refractivity contribution in [3.63, 3.8) is 0 Å². The van der Waals surface area contributed by atoms with Crippen molar-refractivity contribution in [3.05, 3.63) is 79.9 Å². The summed E-state index contributed by atoms with van der Waals surface area (Å²) in [7, 11) is 0. The van der Waals surface area contributed by atoms with Gasteiger partial charge in [-0.25, -0.2) is 9.59 Å². The van der Waals surface area contributed by atoms with Crippen molar-refractivity contribution in [2.45, 2.75) is 37.9 Å². The summed E-state index contributed by atoms with van der Waals surface area (Å²) >= 11 is 0. The molecule has 1 aliphatic rings. The largest absolute Gasteiger partial charge is 0.445 e. The van der Waals surface area contributed by atoms with Gasteiger partial charge in [0, 0.05) is 30.8 Å². The molecule has 1 fully saturated rings. The number of hydrogen-bond acceptors (Lipinski definition) is 10. The Morgan fingerprint density at radius 3 is 1.97 bits per heavy atom. The van der Waals surface area contributed by atoms with E-state index < -0.39 is 40.3 Å². The van der Waals surface area contributed by atoms with Crippen molar-refractivity contribution in [2.24, 2.45) is 0 Å². The zero-order chi connectivity index (χ0) is 26.2. The van der Waals surface area contributed by atoms with Crippen LogP contribution in [0.2, 0.25) is 0 Å². The Morgan fingerprint density at radius 1 is 0.972 bits per heavy atom.